The van der Waals surface area contributed by atoms with Gasteiger partial charge in [0.2, 0.25) is 5.78 Å². The number of nitrogens with two attached hydrogens (primary N) is 1. The summed E-state index contributed by atoms with van der Waals surface area (Å²) in [7, 11) is 0. The molecule has 0 radical (unpaired) electrons. The number of hydrogen-bond donors (Lipinski definition) is 2. The molecule has 0 saturated carbocycles. The number of benzene rings is 1. The van der Waals surface area contributed by atoms with Crippen LogP contribution >= 0.6 is 11.6 Å². The summed E-state index contributed by atoms with van der Waals surface area (Å²) in [6.07, 6.45) is 4.02. The van der Waals surface area contributed by atoms with Crippen molar-refractivity contribution in [3.63, 3.8) is 0 Å². The number of carbonyl (C=O) groups excluding carboxylic acids is 1. The number of aromatic nitrogens is 3. The van der Waals surface area contributed by atoms with Crippen molar-refractivity contribution in [1.82, 2.24) is 15.0 Å². The molecule has 3 aromatic heterocycles. The Balaban J connectivity index is 1.71. The highest BCUT2D eigenvalue weighted by Crippen LogP contribution is 2.31. The topological polar surface area (TPSA) is 118 Å². The zero-order valence-electron chi connectivity index (χ0n) is 14.6. The Morgan fingerprint density at radius 2 is 2.07 bits per heavy atom. The molecule has 142 valence electrons. The van der Waals surface area contributed by atoms with Gasteiger partial charge >= 0.3 is 0 Å². The van der Waals surface area contributed by atoms with Crippen molar-refractivity contribution in [3.05, 3.63) is 76.6 Å². The fourth-order valence-electron chi connectivity index (χ4n) is 2.81. The fourth-order valence-corrected chi connectivity index (χ4v) is 3.06. The van der Waals surface area contributed by atoms with E-state index >= 15 is 0 Å². The van der Waals surface area contributed by atoms with Gasteiger partial charge in [-0.1, -0.05) is 23.7 Å². The van der Waals surface area contributed by atoms with E-state index in [1.807, 2.05) is 6.07 Å². The van der Waals surface area contributed by atoms with E-state index in [2.05, 4.69) is 15.0 Å². The van der Waals surface area contributed by atoms with E-state index in [0.717, 1.165) is 0 Å². The zero-order chi connectivity index (χ0) is 20.5. The van der Waals surface area contributed by atoms with Gasteiger partial charge in [0, 0.05) is 18.5 Å². The van der Waals surface area contributed by atoms with Gasteiger partial charge in [0.1, 0.15) is 23.2 Å². The normalized spacial score (nSPS) is 10.7. The van der Waals surface area contributed by atoms with Crippen molar-refractivity contribution in [2.24, 2.45) is 0 Å². The lowest BCUT2D eigenvalue weighted by atomic mass is 10.0. The van der Waals surface area contributed by atoms with Gasteiger partial charge in [0.05, 0.1) is 33.4 Å². The van der Waals surface area contributed by atoms with Crippen LogP contribution in [0.3, 0.4) is 0 Å². The molecule has 3 N–H and O–H groups in total. The SMILES string of the molecule is N#Cc1cnc2[nH]cc(C(=O)c3ncc(Oc4ccccc4F)cc3Cl)c2c1N. The summed E-state index contributed by atoms with van der Waals surface area (Å²) in [5.41, 5.74) is 6.79. The Labute approximate surface area is 168 Å². The highest BCUT2D eigenvalue weighted by molar-refractivity contribution is 6.35. The van der Waals surface area contributed by atoms with Crippen LogP contribution in [0.5, 0.6) is 11.5 Å². The molecule has 0 atom stereocenters. The van der Waals surface area contributed by atoms with E-state index in [1.165, 1.54) is 42.9 Å². The van der Waals surface area contributed by atoms with Crippen molar-refractivity contribution in [1.29, 1.82) is 5.26 Å². The van der Waals surface area contributed by atoms with Crippen molar-refractivity contribution >= 4 is 34.1 Å². The second kappa shape index (κ2) is 7.22. The first kappa shape index (κ1) is 18.4. The second-order valence-corrected chi connectivity index (χ2v) is 6.39. The third-order valence-corrected chi connectivity index (χ3v) is 4.49. The van der Waals surface area contributed by atoms with Gasteiger partial charge in [-0.3, -0.25) is 4.79 Å². The van der Waals surface area contributed by atoms with Gasteiger partial charge in [-0.15, -0.1) is 0 Å². The molecule has 0 bridgehead atoms. The first-order valence-electron chi connectivity index (χ1n) is 8.28. The van der Waals surface area contributed by atoms with Gasteiger partial charge in [0.15, 0.2) is 11.6 Å². The number of H-pyrrole nitrogens is 1. The molecule has 3 heterocycles. The summed E-state index contributed by atoms with van der Waals surface area (Å²) in [6, 6.07) is 9.16. The molecule has 0 saturated heterocycles. The largest absolute Gasteiger partial charge is 0.453 e. The minimum atomic E-state index is -0.543. The number of pyridine rings is 2. The van der Waals surface area contributed by atoms with Crippen LogP contribution in [0, 0.1) is 17.1 Å². The van der Waals surface area contributed by atoms with Crippen molar-refractivity contribution in [3.8, 4) is 17.6 Å². The highest BCUT2D eigenvalue weighted by atomic mass is 35.5. The number of carbonyl (C=O) groups is 1. The molecule has 0 aliphatic rings. The summed E-state index contributed by atoms with van der Waals surface area (Å²) in [6.45, 7) is 0. The van der Waals surface area contributed by atoms with Crippen molar-refractivity contribution in [2.45, 2.75) is 0 Å². The van der Waals surface area contributed by atoms with Crippen LogP contribution < -0.4 is 10.5 Å². The van der Waals surface area contributed by atoms with Crippen LogP contribution in [-0.2, 0) is 0 Å². The summed E-state index contributed by atoms with van der Waals surface area (Å²) < 4.78 is 19.2. The van der Waals surface area contributed by atoms with Gasteiger partial charge in [-0.2, -0.15) is 5.26 Å². The molecule has 1 aromatic carbocycles. The third-order valence-electron chi connectivity index (χ3n) is 4.20. The first-order valence-corrected chi connectivity index (χ1v) is 8.65. The van der Waals surface area contributed by atoms with Crippen molar-refractivity contribution < 1.29 is 13.9 Å². The molecule has 4 rings (SSSR count). The number of ketones is 1. The Morgan fingerprint density at radius 1 is 1.28 bits per heavy atom. The summed E-state index contributed by atoms with van der Waals surface area (Å²) in [5, 5.41) is 9.47. The Hall–Kier alpha value is -3.96. The molecule has 0 aliphatic heterocycles. The number of anilines is 1. The number of nitrogens with zero attached hydrogens (tertiary/aromatic N) is 3. The lowest BCUT2D eigenvalue weighted by molar-refractivity contribution is 0.103. The number of aromatic amines is 1. The first-order chi connectivity index (χ1) is 14.0. The van der Waals surface area contributed by atoms with E-state index < -0.39 is 11.6 Å². The molecule has 0 aliphatic carbocycles. The lowest BCUT2D eigenvalue weighted by Gasteiger charge is -2.08. The van der Waals surface area contributed by atoms with Gasteiger partial charge in [-0.25, -0.2) is 14.4 Å². The third kappa shape index (κ3) is 3.24. The predicted molar refractivity (Wildman–Crippen MR) is 104 cm³/mol. The van der Waals surface area contributed by atoms with E-state index in [-0.39, 0.29) is 39.0 Å². The fraction of sp³-hybridized carbons (Fsp3) is 0. The van der Waals surface area contributed by atoms with Crippen LogP contribution in [-0.4, -0.2) is 20.7 Å². The minimum Gasteiger partial charge on any atom is -0.453 e. The lowest BCUT2D eigenvalue weighted by Crippen LogP contribution is -2.06. The van der Waals surface area contributed by atoms with Crippen LogP contribution in [0.1, 0.15) is 21.6 Å². The molecule has 29 heavy (non-hydrogen) atoms. The molecule has 4 aromatic rings. The number of nitrogens with one attached hydrogen (secondary N) is 1. The number of ether oxygens (including phenoxy) is 1. The monoisotopic (exact) mass is 407 g/mol. The van der Waals surface area contributed by atoms with Crippen LogP contribution in [0.2, 0.25) is 5.02 Å². The van der Waals surface area contributed by atoms with E-state index in [9.17, 15) is 9.18 Å². The average Bonchev–Trinajstić information content (AvgIpc) is 3.15. The van der Waals surface area contributed by atoms with Crippen LogP contribution in [0.4, 0.5) is 10.1 Å². The molecule has 7 nitrogen and oxygen atoms in total. The molecular formula is C20H11ClFN5O2. The van der Waals surface area contributed by atoms with Crippen LogP contribution in [0.15, 0.2) is 48.9 Å². The Bertz CT molecular complexity index is 1310. The van der Waals surface area contributed by atoms with Gasteiger partial charge in [-0.05, 0) is 12.1 Å². The number of halogens is 2. The zero-order valence-corrected chi connectivity index (χ0v) is 15.4. The van der Waals surface area contributed by atoms with Gasteiger partial charge in [0.25, 0.3) is 0 Å². The number of rotatable bonds is 4. The van der Waals surface area contributed by atoms with Gasteiger partial charge < -0.3 is 15.5 Å². The van der Waals surface area contributed by atoms with E-state index in [4.69, 9.17) is 27.3 Å². The maximum absolute atomic E-state index is 13.7. The average molecular weight is 408 g/mol. The number of fused-ring (bicyclic) bond motifs is 1. The molecule has 0 unspecified atom stereocenters. The van der Waals surface area contributed by atoms with E-state index in [1.54, 1.807) is 6.07 Å². The Kier molecular flexibility index (Phi) is 4.58. The second-order valence-electron chi connectivity index (χ2n) is 5.99. The van der Waals surface area contributed by atoms with Crippen molar-refractivity contribution in [2.75, 3.05) is 5.73 Å². The highest BCUT2D eigenvalue weighted by Gasteiger charge is 2.22. The van der Waals surface area contributed by atoms with Crippen LogP contribution in [0.25, 0.3) is 11.0 Å². The number of para-hydroxylation sites is 1. The molecule has 9 heteroatoms. The molecule has 0 amide bonds. The Morgan fingerprint density at radius 3 is 2.79 bits per heavy atom. The predicted octanol–water partition coefficient (Wildman–Crippen LogP) is 4.23. The molecule has 0 spiro atoms. The quantitative estimate of drug-likeness (QED) is 0.489. The number of nitriles is 1. The number of nitrogen functional groups attached to an aromatic ring is 1. The summed E-state index contributed by atoms with van der Waals surface area (Å²) in [4.78, 5) is 24.0. The maximum atomic E-state index is 13.7. The summed E-state index contributed by atoms with van der Waals surface area (Å²) >= 11 is 6.23. The summed E-state index contributed by atoms with van der Waals surface area (Å²) in [5.74, 6) is -0.881. The molecular weight excluding hydrogens is 397 g/mol. The standard InChI is InChI=1S/C20H11ClFN5O2/c21-13-5-11(29-15-4-2-1-3-14(15)22)8-25-18(13)19(28)12-9-27-20-16(12)17(24)10(6-23)7-26-20/h1-5,7-9H,(H3,24,26,27). The molecule has 0 fully saturated rings. The smallest absolute Gasteiger partial charge is 0.215 e. The number of hydrogen-bond acceptors (Lipinski definition) is 6. The van der Waals surface area contributed by atoms with E-state index in [0.29, 0.717) is 11.0 Å². The maximum Gasteiger partial charge on any atom is 0.215 e. The minimum absolute atomic E-state index is 0.00366.